The van der Waals surface area contributed by atoms with Crippen LogP contribution in [-0.2, 0) is 28.9 Å². The summed E-state index contributed by atoms with van der Waals surface area (Å²) >= 11 is 0. The molecule has 1 amide bonds. The molecule has 154 valence electrons. The van der Waals surface area contributed by atoms with E-state index >= 15 is 0 Å². The first kappa shape index (κ1) is 19.9. The summed E-state index contributed by atoms with van der Waals surface area (Å²) in [5, 5.41) is 0. The van der Waals surface area contributed by atoms with Crippen LogP contribution >= 0.6 is 0 Å². The Morgan fingerprint density at radius 1 is 1.07 bits per heavy atom. The van der Waals surface area contributed by atoms with E-state index in [9.17, 15) is 4.79 Å². The number of morpholine rings is 1. The molecule has 3 heterocycles. The van der Waals surface area contributed by atoms with Crippen LogP contribution < -0.4 is 4.74 Å². The summed E-state index contributed by atoms with van der Waals surface area (Å²) in [6, 6.07) is 10.1. The van der Waals surface area contributed by atoms with Gasteiger partial charge in [0, 0.05) is 51.5 Å². The number of ether oxygens (including phenoxy) is 2. The molecule has 0 bridgehead atoms. The predicted molar refractivity (Wildman–Crippen MR) is 111 cm³/mol. The molecule has 6 nitrogen and oxygen atoms in total. The minimum absolute atomic E-state index is 0.169. The summed E-state index contributed by atoms with van der Waals surface area (Å²) in [6.45, 7) is 6.70. The number of nitrogens with zero attached hydrogens (tertiary/aromatic N) is 3. The standard InChI is InChI=1S/C23H29N3O3/c27-23(17-20-2-3-22-21(16-20)6-13-29-22)26(18-19-4-7-24-8-5-19)10-1-9-25-11-14-28-15-12-25/h2-5,7-8,16H,1,6,9-15,17-18H2. The van der Waals surface area contributed by atoms with E-state index in [1.165, 1.54) is 5.56 Å². The summed E-state index contributed by atoms with van der Waals surface area (Å²) < 4.78 is 11.0. The molecule has 2 aliphatic rings. The fourth-order valence-corrected chi connectivity index (χ4v) is 3.95. The maximum Gasteiger partial charge on any atom is 0.227 e. The second-order valence-corrected chi connectivity index (χ2v) is 7.70. The molecule has 2 aromatic rings. The van der Waals surface area contributed by atoms with Gasteiger partial charge in [-0.2, -0.15) is 0 Å². The number of hydrogen-bond donors (Lipinski definition) is 0. The average Bonchev–Trinajstić information content (AvgIpc) is 3.22. The topological polar surface area (TPSA) is 54.9 Å². The Balaban J connectivity index is 1.38. The van der Waals surface area contributed by atoms with E-state index in [1.54, 1.807) is 12.4 Å². The molecule has 0 saturated carbocycles. The van der Waals surface area contributed by atoms with Gasteiger partial charge in [0.25, 0.3) is 0 Å². The Kier molecular flexibility index (Phi) is 6.75. The maximum atomic E-state index is 13.1. The zero-order valence-electron chi connectivity index (χ0n) is 16.9. The second-order valence-electron chi connectivity index (χ2n) is 7.70. The number of carbonyl (C=O) groups excluding carboxylic acids is 1. The number of aromatic nitrogens is 1. The Morgan fingerprint density at radius 3 is 2.72 bits per heavy atom. The fraction of sp³-hybridized carbons (Fsp3) is 0.478. The lowest BCUT2D eigenvalue weighted by molar-refractivity contribution is -0.131. The summed E-state index contributed by atoms with van der Waals surface area (Å²) in [4.78, 5) is 21.6. The van der Waals surface area contributed by atoms with Crippen molar-refractivity contribution < 1.29 is 14.3 Å². The van der Waals surface area contributed by atoms with Gasteiger partial charge in [0.1, 0.15) is 5.75 Å². The molecule has 0 aliphatic carbocycles. The van der Waals surface area contributed by atoms with Crippen molar-refractivity contribution in [1.82, 2.24) is 14.8 Å². The van der Waals surface area contributed by atoms with Crippen LogP contribution in [0.25, 0.3) is 0 Å². The molecule has 4 rings (SSSR count). The second kappa shape index (κ2) is 9.85. The van der Waals surface area contributed by atoms with Crippen LogP contribution in [0.3, 0.4) is 0 Å². The van der Waals surface area contributed by atoms with E-state index in [-0.39, 0.29) is 5.91 Å². The molecule has 1 saturated heterocycles. The monoisotopic (exact) mass is 395 g/mol. The van der Waals surface area contributed by atoms with Crippen LogP contribution in [0.2, 0.25) is 0 Å². The first-order valence-electron chi connectivity index (χ1n) is 10.5. The molecule has 0 unspecified atom stereocenters. The third kappa shape index (κ3) is 5.55. The molecule has 2 aliphatic heterocycles. The minimum atomic E-state index is 0.169. The summed E-state index contributed by atoms with van der Waals surface area (Å²) in [5.74, 6) is 1.13. The van der Waals surface area contributed by atoms with E-state index in [1.807, 2.05) is 29.2 Å². The zero-order valence-corrected chi connectivity index (χ0v) is 16.9. The molecule has 29 heavy (non-hydrogen) atoms. The van der Waals surface area contributed by atoms with Crippen LogP contribution in [0.1, 0.15) is 23.1 Å². The van der Waals surface area contributed by atoms with Crippen LogP contribution in [-0.4, -0.2) is 66.7 Å². The van der Waals surface area contributed by atoms with Gasteiger partial charge in [-0.05, 0) is 41.3 Å². The average molecular weight is 396 g/mol. The molecule has 0 N–H and O–H groups in total. The third-order valence-electron chi connectivity index (χ3n) is 5.59. The third-order valence-corrected chi connectivity index (χ3v) is 5.59. The highest BCUT2D eigenvalue weighted by Crippen LogP contribution is 2.26. The van der Waals surface area contributed by atoms with Gasteiger partial charge in [0.05, 0.1) is 26.2 Å². The van der Waals surface area contributed by atoms with E-state index in [0.29, 0.717) is 13.0 Å². The van der Waals surface area contributed by atoms with Gasteiger partial charge < -0.3 is 14.4 Å². The van der Waals surface area contributed by atoms with Crippen LogP contribution in [0.15, 0.2) is 42.7 Å². The molecular weight excluding hydrogens is 366 g/mol. The lowest BCUT2D eigenvalue weighted by Gasteiger charge is -2.28. The quantitative estimate of drug-likeness (QED) is 0.687. The number of pyridine rings is 1. The Hall–Kier alpha value is -2.44. The van der Waals surface area contributed by atoms with E-state index in [2.05, 4.69) is 16.0 Å². The van der Waals surface area contributed by atoms with Crippen molar-refractivity contribution >= 4 is 5.91 Å². The summed E-state index contributed by atoms with van der Waals surface area (Å²) in [6.07, 6.45) is 5.89. The lowest BCUT2D eigenvalue weighted by atomic mass is 10.1. The highest BCUT2D eigenvalue weighted by Gasteiger charge is 2.18. The highest BCUT2D eigenvalue weighted by atomic mass is 16.5. The van der Waals surface area contributed by atoms with Crippen LogP contribution in [0, 0.1) is 0 Å². The summed E-state index contributed by atoms with van der Waals surface area (Å²) in [5.41, 5.74) is 3.39. The van der Waals surface area contributed by atoms with Crippen molar-refractivity contribution in [3.63, 3.8) is 0 Å². The predicted octanol–water partition coefficient (Wildman–Crippen LogP) is 2.31. The smallest absolute Gasteiger partial charge is 0.227 e. The van der Waals surface area contributed by atoms with Crippen molar-refractivity contribution in [3.05, 3.63) is 59.4 Å². The van der Waals surface area contributed by atoms with Gasteiger partial charge in [0.2, 0.25) is 5.91 Å². The fourth-order valence-electron chi connectivity index (χ4n) is 3.95. The maximum absolute atomic E-state index is 13.1. The van der Waals surface area contributed by atoms with Crippen molar-refractivity contribution in [2.75, 3.05) is 46.0 Å². The molecule has 1 fully saturated rings. The van der Waals surface area contributed by atoms with Gasteiger partial charge in [-0.3, -0.25) is 14.7 Å². The van der Waals surface area contributed by atoms with E-state index in [0.717, 1.165) is 75.7 Å². The number of hydrogen-bond acceptors (Lipinski definition) is 5. The number of amides is 1. The van der Waals surface area contributed by atoms with Crippen molar-refractivity contribution in [2.45, 2.75) is 25.8 Å². The SMILES string of the molecule is O=C(Cc1ccc2c(c1)CCO2)N(CCCN1CCOCC1)Cc1ccncc1. The summed E-state index contributed by atoms with van der Waals surface area (Å²) in [7, 11) is 0. The normalized spacial score (nSPS) is 16.3. The Morgan fingerprint density at radius 2 is 1.90 bits per heavy atom. The Labute approximate surface area is 172 Å². The van der Waals surface area contributed by atoms with E-state index in [4.69, 9.17) is 9.47 Å². The number of rotatable bonds is 8. The van der Waals surface area contributed by atoms with Gasteiger partial charge in [-0.15, -0.1) is 0 Å². The molecule has 1 aromatic heterocycles. The molecule has 6 heteroatoms. The van der Waals surface area contributed by atoms with Crippen molar-refractivity contribution in [3.8, 4) is 5.75 Å². The molecule has 1 aromatic carbocycles. The zero-order chi connectivity index (χ0) is 19.9. The number of benzene rings is 1. The van der Waals surface area contributed by atoms with Crippen molar-refractivity contribution in [2.24, 2.45) is 0 Å². The van der Waals surface area contributed by atoms with Gasteiger partial charge in [0.15, 0.2) is 0 Å². The van der Waals surface area contributed by atoms with E-state index < -0.39 is 0 Å². The highest BCUT2D eigenvalue weighted by molar-refractivity contribution is 5.79. The van der Waals surface area contributed by atoms with Gasteiger partial charge >= 0.3 is 0 Å². The molecular formula is C23H29N3O3. The largest absolute Gasteiger partial charge is 0.493 e. The van der Waals surface area contributed by atoms with Crippen LogP contribution in [0.4, 0.5) is 0 Å². The first-order valence-corrected chi connectivity index (χ1v) is 10.5. The number of carbonyl (C=O) groups is 1. The molecule has 0 spiro atoms. The van der Waals surface area contributed by atoms with Gasteiger partial charge in [-0.25, -0.2) is 0 Å². The lowest BCUT2D eigenvalue weighted by Crippen LogP contribution is -2.39. The van der Waals surface area contributed by atoms with Crippen LogP contribution in [0.5, 0.6) is 5.75 Å². The first-order chi connectivity index (χ1) is 14.3. The molecule has 0 radical (unpaired) electrons. The van der Waals surface area contributed by atoms with Gasteiger partial charge in [-0.1, -0.05) is 12.1 Å². The minimum Gasteiger partial charge on any atom is -0.493 e. The Bertz CT molecular complexity index is 806. The molecule has 0 atom stereocenters. The van der Waals surface area contributed by atoms with Crippen molar-refractivity contribution in [1.29, 1.82) is 0 Å². The number of fused-ring (bicyclic) bond motifs is 1.